The number of hydrogen-bond acceptors (Lipinski definition) is 2. The van der Waals surface area contributed by atoms with Crippen molar-refractivity contribution in [3.8, 4) is 0 Å². The molecule has 2 N–H and O–H groups in total. The van der Waals surface area contributed by atoms with Gasteiger partial charge in [0.1, 0.15) is 11.6 Å². The number of rotatable bonds is 6. The maximum absolute atomic E-state index is 13.8. The molecule has 2 aromatic carbocycles. The number of benzene rings is 2. The van der Waals surface area contributed by atoms with Crippen LogP contribution in [0.25, 0.3) is 0 Å². The SMILES string of the molecule is O=C(O)C(CNC(=O)C1CC1c1c(F)cccc1F)c1ccccc1. The van der Waals surface area contributed by atoms with Crippen molar-refractivity contribution in [1.29, 1.82) is 0 Å². The van der Waals surface area contributed by atoms with Crippen molar-refractivity contribution in [3.63, 3.8) is 0 Å². The van der Waals surface area contributed by atoms with Crippen molar-refractivity contribution >= 4 is 11.9 Å². The zero-order chi connectivity index (χ0) is 18.0. The molecule has 4 nitrogen and oxygen atoms in total. The molecular weight excluding hydrogens is 328 g/mol. The summed E-state index contributed by atoms with van der Waals surface area (Å²) in [5.74, 6) is -4.64. The van der Waals surface area contributed by atoms with E-state index in [9.17, 15) is 23.5 Å². The van der Waals surface area contributed by atoms with Gasteiger partial charge in [-0.15, -0.1) is 0 Å². The van der Waals surface area contributed by atoms with Crippen LogP contribution in [0.3, 0.4) is 0 Å². The normalized spacial score (nSPS) is 19.9. The lowest BCUT2D eigenvalue weighted by molar-refractivity contribution is -0.138. The first kappa shape index (κ1) is 17.1. The average Bonchev–Trinajstić information content (AvgIpc) is 3.36. The largest absolute Gasteiger partial charge is 0.481 e. The first-order chi connectivity index (χ1) is 12.0. The summed E-state index contributed by atoms with van der Waals surface area (Å²) < 4.78 is 27.5. The van der Waals surface area contributed by atoms with E-state index in [1.165, 1.54) is 18.2 Å². The van der Waals surface area contributed by atoms with E-state index in [1.807, 2.05) is 0 Å². The summed E-state index contributed by atoms with van der Waals surface area (Å²) in [7, 11) is 0. The molecule has 1 fully saturated rings. The molecule has 1 amide bonds. The van der Waals surface area contributed by atoms with Crippen molar-refractivity contribution < 1.29 is 23.5 Å². The van der Waals surface area contributed by atoms with Crippen LogP contribution in [0.1, 0.15) is 29.4 Å². The predicted octanol–water partition coefficient (Wildman–Crippen LogP) is 3.05. The van der Waals surface area contributed by atoms with E-state index in [2.05, 4.69) is 5.32 Å². The number of carbonyl (C=O) groups excluding carboxylic acids is 1. The molecule has 0 aliphatic heterocycles. The van der Waals surface area contributed by atoms with Crippen molar-refractivity contribution in [2.24, 2.45) is 5.92 Å². The van der Waals surface area contributed by atoms with Crippen LogP contribution in [-0.4, -0.2) is 23.5 Å². The molecule has 0 saturated heterocycles. The number of aliphatic carboxylic acids is 1. The molecule has 3 rings (SSSR count). The Balaban J connectivity index is 1.63. The van der Waals surface area contributed by atoms with Crippen LogP contribution in [0.15, 0.2) is 48.5 Å². The van der Waals surface area contributed by atoms with Crippen LogP contribution in [0.2, 0.25) is 0 Å². The van der Waals surface area contributed by atoms with Crippen molar-refractivity contribution in [2.75, 3.05) is 6.54 Å². The van der Waals surface area contributed by atoms with E-state index >= 15 is 0 Å². The van der Waals surface area contributed by atoms with Gasteiger partial charge in [-0.3, -0.25) is 9.59 Å². The predicted molar refractivity (Wildman–Crippen MR) is 87.0 cm³/mol. The van der Waals surface area contributed by atoms with Crippen molar-refractivity contribution in [3.05, 3.63) is 71.3 Å². The van der Waals surface area contributed by atoms with Gasteiger partial charge in [-0.25, -0.2) is 8.78 Å². The molecule has 1 saturated carbocycles. The molecule has 1 aliphatic carbocycles. The Morgan fingerprint density at radius 2 is 1.72 bits per heavy atom. The Labute approximate surface area is 143 Å². The molecule has 0 heterocycles. The number of carboxylic acids is 1. The smallest absolute Gasteiger partial charge is 0.312 e. The minimum absolute atomic E-state index is 0.0683. The fourth-order valence-electron chi connectivity index (χ4n) is 3.04. The summed E-state index contributed by atoms with van der Waals surface area (Å²) in [5, 5.41) is 11.9. The number of amides is 1. The molecule has 0 aromatic heterocycles. The maximum Gasteiger partial charge on any atom is 0.312 e. The first-order valence-corrected chi connectivity index (χ1v) is 7.98. The van der Waals surface area contributed by atoms with Gasteiger partial charge in [-0.05, 0) is 24.1 Å². The highest BCUT2D eigenvalue weighted by Crippen LogP contribution is 2.49. The lowest BCUT2D eigenvalue weighted by atomic mass is 9.99. The van der Waals surface area contributed by atoms with Crippen LogP contribution in [0, 0.1) is 17.6 Å². The molecule has 130 valence electrons. The Kier molecular flexibility index (Phi) is 4.79. The van der Waals surface area contributed by atoms with E-state index < -0.39 is 35.4 Å². The fourth-order valence-corrected chi connectivity index (χ4v) is 3.04. The minimum Gasteiger partial charge on any atom is -0.481 e. The topological polar surface area (TPSA) is 66.4 Å². The van der Waals surface area contributed by atoms with Gasteiger partial charge in [-0.2, -0.15) is 0 Å². The second-order valence-electron chi connectivity index (χ2n) is 6.13. The lowest BCUT2D eigenvalue weighted by Crippen LogP contribution is -2.33. The van der Waals surface area contributed by atoms with Crippen molar-refractivity contribution in [1.82, 2.24) is 5.32 Å². The van der Waals surface area contributed by atoms with E-state index in [0.717, 1.165) is 0 Å². The average molecular weight is 345 g/mol. The zero-order valence-electron chi connectivity index (χ0n) is 13.3. The van der Waals surface area contributed by atoms with Gasteiger partial charge in [0.05, 0.1) is 5.92 Å². The van der Waals surface area contributed by atoms with E-state index in [0.29, 0.717) is 12.0 Å². The van der Waals surface area contributed by atoms with Gasteiger partial charge in [0.25, 0.3) is 0 Å². The maximum atomic E-state index is 13.8. The standard InChI is InChI=1S/C19H17F2NO3/c20-15-7-4-8-16(21)17(15)12-9-13(12)18(23)22-10-14(19(24)25)11-5-2-1-3-6-11/h1-8,12-14H,9-10H2,(H,22,23)(H,24,25). The van der Waals surface area contributed by atoms with Gasteiger partial charge in [0.15, 0.2) is 0 Å². The van der Waals surface area contributed by atoms with Crippen LogP contribution in [0.5, 0.6) is 0 Å². The molecule has 3 atom stereocenters. The molecular formula is C19H17F2NO3. The zero-order valence-corrected chi connectivity index (χ0v) is 13.3. The van der Waals surface area contributed by atoms with Crippen LogP contribution < -0.4 is 5.32 Å². The third-order valence-corrected chi connectivity index (χ3v) is 4.48. The van der Waals surface area contributed by atoms with E-state index in [4.69, 9.17) is 0 Å². The number of hydrogen-bond donors (Lipinski definition) is 2. The third kappa shape index (κ3) is 3.68. The Bertz CT molecular complexity index is 774. The van der Waals surface area contributed by atoms with Crippen LogP contribution >= 0.6 is 0 Å². The molecule has 25 heavy (non-hydrogen) atoms. The highest BCUT2D eigenvalue weighted by molar-refractivity contribution is 5.84. The van der Waals surface area contributed by atoms with Gasteiger partial charge < -0.3 is 10.4 Å². The summed E-state index contributed by atoms with van der Waals surface area (Å²) in [6, 6.07) is 12.2. The number of carbonyl (C=O) groups is 2. The van der Waals surface area contributed by atoms with Gasteiger partial charge >= 0.3 is 5.97 Å². The second kappa shape index (κ2) is 7.01. The van der Waals surface area contributed by atoms with Gasteiger partial charge in [0.2, 0.25) is 5.91 Å². The molecule has 1 aliphatic rings. The van der Waals surface area contributed by atoms with Crippen LogP contribution in [-0.2, 0) is 9.59 Å². The molecule has 3 unspecified atom stereocenters. The van der Waals surface area contributed by atoms with Crippen LogP contribution in [0.4, 0.5) is 8.78 Å². The monoisotopic (exact) mass is 345 g/mol. The molecule has 0 bridgehead atoms. The number of carboxylic acid groups (broad SMARTS) is 1. The summed E-state index contributed by atoms with van der Waals surface area (Å²) in [5.41, 5.74) is 0.517. The first-order valence-electron chi connectivity index (χ1n) is 7.98. The van der Waals surface area contributed by atoms with Gasteiger partial charge in [0, 0.05) is 23.9 Å². The molecule has 2 aromatic rings. The summed E-state index contributed by atoms with van der Waals surface area (Å²) >= 11 is 0. The number of halogens is 2. The van der Waals surface area contributed by atoms with E-state index in [-0.39, 0.29) is 18.0 Å². The highest BCUT2D eigenvalue weighted by Gasteiger charge is 2.46. The minimum atomic E-state index is -1.04. The quantitative estimate of drug-likeness (QED) is 0.846. The Morgan fingerprint density at radius 1 is 1.08 bits per heavy atom. The molecule has 6 heteroatoms. The van der Waals surface area contributed by atoms with Crippen molar-refractivity contribution in [2.45, 2.75) is 18.3 Å². The highest BCUT2D eigenvalue weighted by atomic mass is 19.1. The summed E-state index contributed by atoms with van der Waals surface area (Å²) in [4.78, 5) is 23.6. The Morgan fingerprint density at radius 3 is 2.32 bits per heavy atom. The third-order valence-electron chi connectivity index (χ3n) is 4.48. The number of nitrogens with one attached hydrogen (secondary N) is 1. The Hall–Kier alpha value is -2.76. The molecule has 0 spiro atoms. The second-order valence-corrected chi connectivity index (χ2v) is 6.13. The molecule has 0 radical (unpaired) electrons. The summed E-state index contributed by atoms with van der Waals surface area (Å²) in [6.45, 7) is -0.0683. The van der Waals surface area contributed by atoms with E-state index in [1.54, 1.807) is 30.3 Å². The fraction of sp³-hybridized carbons (Fsp3) is 0.263. The van der Waals surface area contributed by atoms with Gasteiger partial charge in [-0.1, -0.05) is 36.4 Å². The summed E-state index contributed by atoms with van der Waals surface area (Å²) in [6.07, 6.45) is 0.354. The lowest BCUT2D eigenvalue weighted by Gasteiger charge is -2.14.